The van der Waals surface area contributed by atoms with E-state index < -0.39 is 5.82 Å². The van der Waals surface area contributed by atoms with E-state index in [1.807, 2.05) is 35.9 Å². The van der Waals surface area contributed by atoms with Gasteiger partial charge in [0.05, 0.1) is 5.02 Å². The molecule has 3 aromatic rings. The Labute approximate surface area is 158 Å². The van der Waals surface area contributed by atoms with Crippen molar-refractivity contribution in [2.24, 2.45) is 7.05 Å². The number of hydrogen-bond acceptors (Lipinski definition) is 4. The molecule has 0 unspecified atom stereocenters. The molecule has 0 aliphatic rings. The van der Waals surface area contributed by atoms with Crippen LogP contribution < -0.4 is 4.74 Å². The largest absolute Gasteiger partial charge is 0.486 e. The molecule has 1 heterocycles. The summed E-state index contributed by atoms with van der Waals surface area (Å²) >= 11 is 13.3. The fourth-order valence-corrected chi connectivity index (χ4v) is 3.34. The molecular formula is C17H14Cl2FN3OS. The topological polar surface area (TPSA) is 39.9 Å². The Morgan fingerprint density at radius 2 is 2.00 bits per heavy atom. The lowest BCUT2D eigenvalue weighted by Gasteiger charge is -2.07. The molecule has 130 valence electrons. The monoisotopic (exact) mass is 397 g/mol. The molecule has 3 rings (SSSR count). The van der Waals surface area contributed by atoms with Gasteiger partial charge in [-0.25, -0.2) is 4.39 Å². The SMILES string of the molecule is Cn1c(COc2ccc(F)c(Cl)c2)nnc1SCc1cccc(Cl)c1. The molecule has 0 N–H and O–H groups in total. The molecule has 2 aromatic carbocycles. The first-order chi connectivity index (χ1) is 12.0. The fraction of sp³-hybridized carbons (Fsp3) is 0.176. The van der Waals surface area contributed by atoms with Gasteiger partial charge in [-0.2, -0.15) is 0 Å². The molecule has 0 aliphatic heterocycles. The Hall–Kier alpha value is -1.76. The van der Waals surface area contributed by atoms with E-state index in [1.165, 1.54) is 18.2 Å². The van der Waals surface area contributed by atoms with Crippen molar-refractivity contribution in [3.05, 3.63) is 69.7 Å². The highest BCUT2D eigenvalue weighted by Crippen LogP contribution is 2.24. The summed E-state index contributed by atoms with van der Waals surface area (Å²) in [5.74, 6) is 1.39. The highest BCUT2D eigenvalue weighted by atomic mass is 35.5. The molecule has 0 fully saturated rings. The lowest BCUT2D eigenvalue weighted by molar-refractivity contribution is 0.290. The average molecular weight is 398 g/mol. The third-order valence-electron chi connectivity index (χ3n) is 3.44. The summed E-state index contributed by atoms with van der Waals surface area (Å²) in [6, 6.07) is 11.9. The van der Waals surface area contributed by atoms with Crippen molar-refractivity contribution in [3.8, 4) is 5.75 Å². The second-order valence-electron chi connectivity index (χ2n) is 5.24. The molecule has 8 heteroatoms. The fourth-order valence-electron chi connectivity index (χ4n) is 2.09. The number of benzene rings is 2. The number of aromatic nitrogens is 3. The number of thioether (sulfide) groups is 1. The third kappa shape index (κ3) is 4.66. The quantitative estimate of drug-likeness (QED) is 0.540. The van der Waals surface area contributed by atoms with E-state index in [9.17, 15) is 4.39 Å². The minimum Gasteiger partial charge on any atom is -0.486 e. The van der Waals surface area contributed by atoms with Crippen LogP contribution in [0.1, 0.15) is 11.4 Å². The summed E-state index contributed by atoms with van der Waals surface area (Å²) in [6.45, 7) is 0.211. The van der Waals surface area contributed by atoms with E-state index in [4.69, 9.17) is 27.9 Å². The minimum absolute atomic E-state index is 0.0215. The lowest BCUT2D eigenvalue weighted by Crippen LogP contribution is -2.04. The normalized spacial score (nSPS) is 10.9. The first kappa shape index (κ1) is 18.0. The van der Waals surface area contributed by atoms with Gasteiger partial charge in [-0.3, -0.25) is 0 Å². The van der Waals surface area contributed by atoms with Gasteiger partial charge in [0, 0.05) is 23.9 Å². The third-order valence-corrected chi connectivity index (χ3v) is 5.06. The molecule has 0 bridgehead atoms. The summed E-state index contributed by atoms with van der Waals surface area (Å²) in [7, 11) is 1.87. The van der Waals surface area contributed by atoms with E-state index in [1.54, 1.807) is 11.8 Å². The molecule has 1 aromatic heterocycles. The summed E-state index contributed by atoms with van der Waals surface area (Å²) in [6.07, 6.45) is 0. The van der Waals surface area contributed by atoms with Crippen LogP contribution in [0.3, 0.4) is 0 Å². The van der Waals surface area contributed by atoms with Crippen molar-refractivity contribution in [2.75, 3.05) is 0 Å². The molecule has 4 nitrogen and oxygen atoms in total. The van der Waals surface area contributed by atoms with Crippen molar-refractivity contribution in [1.82, 2.24) is 14.8 Å². The molecule has 0 saturated heterocycles. The van der Waals surface area contributed by atoms with Crippen LogP contribution in [0.5, 0.6) is 5.75 Å². The zero-order valence-electron chi connectivity index (χ0n) is 13.2. The minimum atomic E-state index is -0.479. The highest BCUT2D eigenvalue weighted by Gasteiger charge is 2.11. The van der Waals surface area contributed by atoms with Gasteiger partial charge in [-0.15, -0.1) is 10.2 Å². The predicted octanol–water partition coefficient (Wildman–Crippen LogP) is 5.13. The van der Waals surface area contributed by atoms with Crippen molar-refractivity contribution < 1.29 is 9.13 Å². The van der Waals surface area contributed by atoms with E-state index in [0.717, 1.165) is 16.5 Å². The zero-order valence-corrected chi connectivity index (χ0v) is 15.6. The Bertz CT molecular complexity index is 888. The van der Waals surface area contributed by atoms with E-state index in [2.05, 4.69) is 10.2 Å². The predicted molar refractivity (Wildman–Crippen MR) is 97.8 cm³/mol. The second-order valence-corrected chi connectivity index (χ2v) is 7.03. The van der Waals surface area contributed by atoms with Crippen LogP contribution in [-0.4, -0.2) is 14.8 Å². The van der Waals surface area contributed by atoms with Crippen LogP contribution in [0.4, 0.5) is 4.39 Å². The van der Waals surface area contributed by atoms with Crippen LogP contribution in [0.25, 0.3) is 0 Å². The Balaban J connectivity index is 1.61. The Morgan fingerprint density at radius 1 is 1.16 bits per heavy atom. The summed E-state index contributed by atoms with van der Waals surface area (Å²) < 4.78 is 20.6. The second kappa shape index (κ2) is 8.08. The molecule has 0 saturated carbocycles. The number of rotatable bonds is 6. The Morgan fingerprint density at radius 3 is 2.76 bits per heavy atom. The number of ether oxygens (including phenoxy) is 1. The molecule has 0 amide bonds. The van der Waals surface area contributed by atoms with Gasteiger partial charge in [-0.05, 0) is 29.8 Å². The highest BCUT2D eigenvalue weighted by molar-refractivity contribution is 7.98. The van der Waals surface area contributed by atoms with Gasteiger partial charge in [0.15, 0.2) is 11.0 Å². The number of hydrogen-bond donors (Lipinski definition) is 0. The number of halogens is 3. The first-order valence-corrected chi connectivity index (χ1v) is 9.10. The maximum absolute atomic E-state index is 13.2. The lowest BCUT2D eigenvalue weighted by atomic mass is 10.2. The molecular weight excluding hydrogens is 384 g/mol. The van der Waals surface area contributed by atoms with Crippen molar-refractivity contribution in [1.29, 1.82) is 0 Å². The van der Waals surface area contributed by atoms with E-state index in [-0.39, 0.29) is 11.6 Å². The summed E-state index contributed by atoms with van der Waals surface area (Å²) in [5, 5.41) is 9.82. The Kier molecular flexibility index (Phi) is 5.83. The number of nitrogens with zero attached hydrogens (tertiary/aromatic N) is 3. The van der Waals surface area contributed by atoms with Gasteiger partial charge < -0.3 is 9.30 Å². The van der Waals surface area contributed by atoms with Crippen molar-refractivity contribution in [2.45, 2.75) is 17.5 Å². The molecule has 25 heavy (non-hydrogen) atoms. The van der Waals surface area contributed by atoms with Crippen LogP contribution in [0.2, 0.25) is 10.0 Å². The van der Waals surface area contributed by atoms with Crippen molar-refractivity contribution in [3.63, 3.8) is 0 Å². The van der Waals surface area contributed by atoms with Gasteiger partial charge in [0.25, 0.3) is 0 Å². The van der Waals surface area contributed by atoms with E-state index >= 15 is 0 Å². The smallest absolute Gasteiger partial charge is 0.191 e. The average Bonchev–Trinajstić information content (AvgIpc) is 2.94. The molecule has 0 radical (unpaired) electrons. The van der Waals surface area contributed by atoms with Gasteiger partial charge in [0.2, 0.25) is 0 Å². The summed E-state index contributed by atoms with van der Waals surface area (Å²) in [5.41, 5.74) is 1.11. The van der Waals surface area contributed by atoms with Crippen LogP contribution in [-0.2, 0) is 19.4 Å². The molecule has 0 aliphatic carbocycles. The van der Waals surface area contributed by atoms with Gasteiger partial charge >= 0.3 is 0 Å². The van der Waals surface area contributed by atoms with Crippen molar-refractivity contribution >= 4 is 35.0 Å². The van der Waals surface area contributed by atoms with E-state index in [0.29, 0.717) is 16.6 Å². The maximum Gasteiger partial charge on any atom is 0.191 e. The molecule has 0 atom stereocenters. The zero-order chi connectivity index (χ0) is 17.8. The standard InChI is InChI=1S/C17H14Cl2FN3OS/c1-23-16(9-24-13-5-6-15(20)14(19)8-13)21-22-17(23)25-10-11-3-2-4-12(18)7-11/h2-8H,9-10H2,1H3. The van der Waals surface area contributed by atoms with Crippen LogP contribution in [0, 0.1) is 5.82 Å². The maximum atomic E-state index is 13.2. The molecule has 0 spiro atoms. The van der Waals surface area contributed by atoms with Crippen LogP contribution >= 0.6 is 35.0 Å². The van der Waals surface area contributed by atoms with Crippen LogP contribution in [0.15, 0.2) is 47.6 Å². The first-order valence-electron chi connectivity index (χ1n) is 7.36. The summed E-state index contributed by atoms with van der Waals surface area (Å²) in [4.78, 5) is 0. The van der Waals surface area contributed by atoms with Gasteiger partial charge in [-0.1, -0.05) is 47.1 Å². The van der Waals surface area contributed by atoms with Gasteiger partial charge in [0.1, 0.15) is 18.2 Å².